The fraction of sp³-hybridized carbons (Fsp3) is 0.824. The average Bonchev–Trinajstić information content (AvgIpc) is 3.24. The molecular weight excluding hydrogens is 264 g/mol. The molecule has 1 N–H and O–H groups in total. The highest BCUT2D eigenvalue weighted by atomic mass is 16.5. The lowest BCUT2D eigenvalue weighted by atomic mass is 9.84. The second kappa shape index (κ2) is 5.73. The van der Waals surface area contributed by atoms with Gasteiger partial charge in [0.2, 0.25) is 0 Å². The number of fused-ring (bicyclic) bond motifs is 2. The number of ether oxygens (including phenoxy) is 1. The Morgan fingerprint density at radius 2 is 2.10 bits per heavy atom. The molecule has 3 aliphatic rings. The van der Waals surface area contributed by atoms with E-state index in [0.29, 0.717) is 30.6 Å². The quantitative estimate of drug-likeness (QED) is 0.927. The second-order valence-corrected chi connectivity index (χ2v) is 7.12. The van der Waals surface area contributed by atoms with Crippen LogP contribution in [-0.2, 0) is 11.2 Å². The lowest BCUT2D eigenvalue weighted by Gasteiger charge is -2.24. The lowest BCUT2D eigenvalue weighted by Crippen LogP contribution is -2.31. The average molecular weight is 290 g/mol. The molecule has 1 saturated carbocycles. The number of aliphatic hydroxyl groups excluding tert-OH is 1. The third kappa shape index (κ3) is 2.76. The van der Waals surface area contributed by atoms with E-state index >= 15 is 0 Å². The van der Waals surface area contributed by atoms with Crippen molar-refractivity contribution in [2.24, 2.45) is 5.92 Å². The lowest BCUT2D eigenvalue weighted by molar-refractivity contribution is 0.0426. The normalized spacial score (nSPS) is 34.4. The van der Waals surface area contributed by atoms with Gasteiger partial charge in [0.25, 0.3) is 0 Å². The number of aliphatic hydroxyl groups is 1. The minimum Gasteiger partial charge on any atom is -0.392 e. The molecule has 2 aliphatic heterocycles. The Morgan fingerprint density at radius 1 is 1.24 bits per heavy atom. The summed E-state index contributed by atoms with van der Waals surface area (Å²) in [5.41, 5.74) is 1.04. The van der Waals surface area contributed by atoms with E-state index in [1.807, 2.05) is 0 Å². The Kier molecular flexibility index (Phi) is 3.76. The van der Waals surface area contributed by atoms with Crippen LogP contribution in [0.5, 0.6) is 0 Å². The summed E-state index contributed by atoms with van der Waals surface area (Å²) < 4.78 is 8.00. The van der Waals surface area contributed by atoms with Crippen LogP contribution in [0.4, 0.5) is 0 Å². The van der Waals surface area contributed by atoms with Gasteiger partial charge >= 0.3 is 0 Å². The third-order valence-electron chi connectivity index (χ3n) is 5.68. The Balaban J connectivity index is 1.37. The monoisotopic (exact) mass is 290 g/mol. The number of hydrogen-bond donors (Lipinski definition) is 1. The van der Waals surface area contributed by atoms with Crippen molar-refractivity contribution in [3.63, 3.8) is 0 Å². The minimum atomic E-state index is -0.296. The van der Waals surface area contributed by atoms with Crippen molar-refractivity contribution in [1.82, 2.24) is 9.78 Å². The van der Waals surface area contributed by atoms with E-state index in [-0.39, 0.29) is 6.10 Å². The summed E-state index contributed by atoms with van der Waals surface area (Å²) in [7, 11) is 0. The van der Waals surface area contributed by atoms with Crippen molar-refractivity contribution in [3.05, 3.63) is 18.0 Å². The van der Waals surface area contributed by atoms with Gasteiger partial charge in [0.05, 0.1) is 30.0 Å². The molecule has 2 bridgehead atoms. The Morgan fingerprint density at radius 3 is 2.81 bits per heavy atom. The van der Waals surface area contributed by atoms with Crippen LogP contribution in [0.1, 0.15) is 63.1 Å². The first-order chi connectivity index (χ1) is 10.3. The van der Waals surface area contributed by atoms with Crippen molar-refractivity contribution in [1.29, 1.82) is 0 Å². The van der Waals surface area contributed by atoms with Gasteiger partial charge in [0.15, 0.2) is 0 Å². The Bertz CT molecular complexity index is 481. The van der Waals surface area contributed by atoms with Crippen molar-refractivity contribution in [3.8, 4) is 0 Å². The molecule has 4 nitrogen and oxygen atoms in total. The highest BCUT2D eigenvalue weighted by Gasteiger charge is 2.43. The molecule has 3 fully saturated rings. The molecule has 0 amide bonds. The summed E-state index contributed by atoms with van der Waals surface area (Å²) in [5, 5.41) is 15.2. The molecule has 0 spiro atoms. The van der Waals surface area contributed by atoms with E-state index in [4.69, 9.17) is 9.84 Å². The molecule has 3 heterocycles. The zero-order chi connectivity index (χ0) is 14.2. The largest absolute Gasteiger partial charge is 0.392 e. The number of hydrogen-bond acceptors (Lipinski definition) is 3. The van der Waals surface area contributed by atoms with E-state index in [2.05, 4.69) is 16.9 Å². The maximum absolute atomic E-state index is 10.5. The van der Waals surface area contributed by atoms with E-state index in [1.54, 1.807) is 0 Å². The predicted molar refractivity (Wildman–Crippen MR) is 80.1 cm³/mol. The fourth-order valence-corrected chi connectivity index (χ4v) is 4.48. The van der Waals surface area contributed by atoms with Crippen LogP contribution in [0.3, 0.4) is 0 Å². The van der Waals surface area contributed by atoms with E-state index in [9.17, 15) is 5.11 Å². The van der Waals surface area contributed by atoms with Gasteiger partial charge in [-0.3, -0.25) is 4.68 Å². The zero-order valence-electron chi connectivity index (χ0n) is 12.7. The van der Waals surface area contributed by atoms with Crippen molar-refractivity contribution >= 4 is 0 Å². The van der Waals surface area contributed by atoms with Crippen LogP contribution in [0, 0.1) is 5.92 Å². The summed E-state index contributed by atoms with van der Waals surface area (Å²) in [6.45, 7) is 0. The van der Waals surface area contributed by atoms with Crippen molar-refractivity contribution in [2.75, 3.05) is 0 Å². The standard InChI is InChI=1S/C17H26N2O2/c20-16(15-11-14-6-7-17(15)21-14)10-12-8-9-19(18-12)13-4-2-1-3-5-13/h8-9,13-17,20H,1-7,10-11H2. The van der Waals surface area contributed by atoms with Crippen LogP contribution in [0.15, 0.2) is 12.3 Å². The van der Waals surface area contributed by atoms with Gasteiger partial charge in [-0.05, 0) is 38.2 Å². The maximum atomic E-state index is 10.5. The maximum Gasteiger partial charge on any atom is 0.0650 e. The third-order valence-corrected chi connectivity index (χ3v) is 5.68. The first-order valence-electron chi connectivity index (χ1n) is 8.67. The SMILES string of the molecule is OC(Cc1ccn(C2CCCCC2)n1)C1CC2CCC1O2. The molecule has 21 heavy (non-hydrogen) atoms. The molecule has 1 aliphatic carbocycles. The molecule has 4 heteroatoms. The molecule has 0 radical (unpaired) electrons. The topological polar surface area (TPSA) is 47.3 Å². The van der Waals surface area contributed by atoms with Crippen LogP contribution < -0.4 is 0 Å². The van der Waals surface area contributed by atoms with Crippen LogP contribution >= 0.6 is 0 Å². The van der Waals surface area contributed by atoms with Gasteiger partial charge in [0.1, 0.15) is 0 Å². The molecular formula is C17H26N2O2. The molecule has 4 atom stereocenters. The van der Waals surface area contributed by atoms with Gasteiger partial charge in [-0.15, -0.1) is 0 Å². The van der Waals surface area contributed by atoms with Gasteiger partial charge in [0, 0.05) is 18.5 Å². The van der Waals surface area contributed by atoms with Crippen LogP contribution in [0.25, 0.3) is 0 Å². The Labute approximate surface area is 126 Å². The molecule has 1 aromatic heterocycles. The van der Waals surface area contributed by atoms with Gasteiger partial charge in [-0.2, -0.15) is 5.10 Å². The zero-order valence-corrected chi connectivity index (χ0v) is 12.7. The van der Waals surface area contributed by atoms with Crippen LogP contribution in [-0.4, -0.2) is 33.2 Å². The first-order valence-corrected chi connectivity index (χ1v) is 8.67. The molecule has 1 aromatic rings. The first kappa shape index (κ1) is 13.8. The summed E-state index contributed by atoms with van der Waals surface area (Å²) >= 11 is 0. The Hall–Kier alpha value is -0.870. The number of aromatic nitrogens is 2. The number of nitrogens with zero attached hydrogens (tertiary/aromatic N) is 2. The summed E-state index contributed by atoms with van der Waals surface area (Å²) in [4.78, 5) is 0. The summed E-state index contributed by atoms with van der Waals surface area (Å²) in [5.74, 6) is 0.323. The van der Waals surface area contributed by atoms with Gasteiger partial charge in [-0.1, -0.05) is 19.3 Å². The van der Waals surface area contributed by atoms with Crippen molar-refractivity contribution in [2.45, 2.75) is 82.1 Å². The van der Waals surface area contributed by atoms with Gasteiger partial charge < -0.3 is 9.84 Å². The summed E-state index contributed by atoms with van der Waals surface area (Å²) in [6, 6.07) is 2.67. The fourth-order valence-electron chi connectivity index (χ4n) is 4.48. The molecule has 2 saturated heterocycles. The minimum absolute atomic E-state index is 0.296. The molecule has 116 valence electrons. The molecule has 4 unspecified atom stereocenters. The smallest absolute Gasteiger partial charge is 0.0650 e. The molecule has 4 rings (SSSR count). The second-order valence-electron chi connectivity index (χ2n) is 7.12. The predicted octanol–water partition coefficient (Wildman–Crippen LogP) is 2.86. The van der Waals surface area contributed by atoms with Gasteiger partial charge in [-0.25, -0.2) is 0 Å². The molecule has 0 aromatic carbocycles. The number of rotatable bonds is 4. The van der Waals surface area contributed by atoms with Crippen molar-refractivity contribution < 1.29 is 9.84 Å². The van der Waals surface area contributed by atoms with E-state index in [1.165, 1.54) is 38.5 Å². The highest BCUT2D eigenvalue weighted by Crippen LogP contribution is 2.41. The highest BCUT2D eigenvalue weighted by molar-refractivity contribution is 5.04. The summed E-state index contributed by atoms with van der Waals surface area (Å²) in [6.07, 6.45) is 13.1. The van der Waals surface area contributed by atoms with E-state index < -0.39 is 0 Å². The van der Waals surface area contributed by atoms with E-state index in [0.717, 1.165) is 18.5 Å². The van der Waals surface area contributed by atoms with Crippen LogP contribution in [0.2, 0.25) is 0 Å².